The van der Waals surface area contributed by atoms with Gasteiger partial charge >= 0.3 is 0 Å². The Bertz CT molecular complexity index is 1430. The maximum atomic E-state index is 15.1. The van der Waals surface area contributed by atoms with Crippen molar-refractivity contribution in [3.63, 3.8) is 0 Å². The van der Waals surface area contributed by atoms with Gasteiger partial charge in [-0.2, -0.15) is 0 Å². The van der Waals surface area contributed by atoms with E-state index in [1.165, 1.54) is 11.6 Å². The van der Waals surface area contributed by atoms with Gasteiger partial charge in [0.05, 0.1) is 22.8 Å². The summed E-state index contributed by atoms with van der Waals surface area (Å²) in [5.41, 5.74) is 10.7. The highest BCUT2D eigenvalue weighted by Crippen LogP contribution is 2.32. The number of carbonyl (C=O) groups is 1. The van der Waals surface area contributed by atoms with Crippen molar-refractivity contribution in [1.82, 2.24) is 19.9 Å². The molecule has 0 unspecified atom stereocenters. The van der Waals surface area contributed by atoms with Crippen molar-refractivity contribution < 1.29 is 9.18 Å². The molecule has 4 aromatic rings. The number of amides is 1. The molecule has 6 rings (SSSR count). The number of nitrogens with zero attached hydrogens (tertiary/aromatic N) is 4. The minimum absolute atomic E-state index is 0.0673. The zero-order chi connectivity index (χ0) is 24.8. The van der Waals surface area contributed by atoms with Gasteiger partial charge in [-0.1, -0.05) is 12.1 Å². The van der Waals surface area contributed by atoms with Crippen molar-refractivity contribution in [3.8, 4) is 11.4 Å². The molecule has 184 valence electrons. The first-order chi connectivity index (χ1) is 17.5. The van der Waals surface area contributed by atoms with Crippen LogP contribution in [0, 0.1) is 12.7 Å². The molecule has 2 aromatic heterocycles. The first kappa shape index (κ1) is 22.5. The van der Waals surface area contributed by atoms with Crippen LogP contribution in [0.25, 0.3) is 22.4 Å². The lowest BCUT2D eigenvalue weighted by atomic mass is 9.89. The van der Waals surface area contributed by atoms with Crippen LogP contribution < -0.4 is 10.6 Å². The summed E-state index contributed by atoms with van der Waals surface area (Å²) < 4.78 is 15.1. The van der Waals surface area contributed by atoms with E-state index in [-0.39, 0.29) is 5.91 Å². The fourth-order valence-electron chi connectivity index (χ4n) is 5.18. The normalized spacial score (nSPS) is 16.4. The molecule has 2 saturated heterocycles. The zero-order valence-corrected chi connectivity index (χ0v) is 20.3. The maximum Gasteiger partial charge on any atom is 0.254 e. The molecule has 0 radical (unpaired) electrons. The molecule has 1 amide bonds. The van der Waals surface area contributed by atoms with E-state index < -0.39 is 5.82 Å². The molecule has 8 heteroatoms. The molecule has 3 N–H and O–H groups in total. The Balaban J connectivity index is 1.23. The lowest BCUT2D eigenvalue weighted by Crippen LogP contribution is -2.38. The number of imidazole rings is 1. The number of nitrogens with one attached hydrogen (secondary N) is 1. The van der Waals surface area contributed by atoms with Crippen molar-refractivity contribution in [3.05, 3.63) is 71.2 Å². The molecule has 2 aliphatic rings. The fraction of sp³-hybridized carbons (Fsp3) is 0.321. The van der Waals surface area contributed by atoms with E-state index in [4.69, 9.17) is 5.73 Å². The highest BCUT2D eigenvalue weighted by atomic mass is 19.1. The Morgan fingerprint density at radius 3 is 2.53 bits per heavy atom. The number of nitrogens with two attached hydrogens (primary N) is 1. The van der Waals surface area contributed by atoms with Gasteiger partial charge in [-0.05, 0) is 67.5 Å². The molecule has 7 nitrogen and oxygen atoms in total. The first-order valence-electron chi connectivity index (χ1n) is 12.5. The number of piperidine rings is 1. The molecular weight excluding hydrogens is 455 g/mol. The number of carbonyl (C=O) groups excluding carboxylic acids is 1. The number of aromatic nitrogens is 3. The van der Waals surface area contributed by atoms with Crippen LogP contribution in [0.15, 0.2) is 48.7 Å². The molecule has 2 aromatic carbocycles. The maximum absolute atomic E-state index is 15.1. The largest absolute Gasteiger partial charge is 0.399 e. The van der Waals surface area contributed by atoms with Crippen molar-refractivity contribution >= 4 is 28.4 Å². The van der Waals surface area contributed by atoms with Gasteiger partial charge in [0.2, 0.25) is 0 Å². The van der Waals surface area contributed by atoms with E-state index in [0.717, 1.165) is 54.9 Å². The SMILES string of the molecule is Cc1cc(F)c(-c2nc3cc(N4CCC4)ncc3[nH]2)cc1C(=O)N1CCC(c2ccc(N)cc2)CC1. The van der Waals surface area contributed by atoms with Crippen molar-refractivity contribution in [2.75, 3.05) is 36.8 Å². The van der Waals surface area contributed by atoms with E-state index in [9.17, 15) is 4.79 Å². The predicted octanol–water partition coefficient (Wildman–Crippen LogP) is 4.88. The summed E-state index contributed by atoms with van der Waals surface area (Å²) in [4.78, 5) is 29.9. The number of pyridine rings is 1. The van der Waals surface area contributed by atoms with Gasteiger partial charge in [0.25, 0.3) is 5.91 Å². The summed E-state index contributed by atoms with van der Waals surface area (Å²) in [5.74, 6) is 1.23. The molecule has 0 atom stereocenters. The number of hydrogen-bond acceptors (Lipinski definition) is 5. The lowest BCUT2D eigenvalue weighted by Gasteiger charge is -2.32. The summed E-state index contributed by atoms with van der Waals surface area (Å²) in [5, 5.41) is 0. The Labute approximate surface area is 209 Å². The van der Waals surface area contributed by atoms with E-state index >= 15 is 4.39 Å². The molecule has 0 saturated carbocycles. The second kappa shape index (κ2) is 8.93. The highest BCUT2D eigenvalue weighted by Gasteiger charge is 2.27. The van der Waals surface area contributed by atoms with Gasteiger partial charge in [-0.15, -0.1) is 0 Å². The van der Waals surface area contributed by atoms with E-state index in [2.05, 4.69) is 32.0 Å². The number of anilines is 2. The standard InChI is InChI=1S/C28H29FN6O/c1-17-13-23(29)22(27-32-24-15-26(34-9-2-10-34)31-16-25(24)33-27)14-21(17)28(36)35-11-7-19(8-12-35)18-3-5-20(30)6-4-18/h3-6,13-16,19H,2,7-12,30H2,1H3,(H,32,33). The van der Waals surface area contributed by atoms with Gasteiger partial charge in [0.15, 0.2) is 0 Å². The third-order valence-corrected chi connectivity index (χ3v) is 7.52. The Morgan fingerprint density at radius 1 is 1.08 bits per heavy atom. The topological polar surface area (TPSA) is 91.1 Å². The number of likely N-dealkylation sites (tertiary alicyclic amines) is 1. The quantitative estimate of drug-likeness (QED) is 0.403. The van der Waals surface area contributed by atoms with E-state index in [0.29, 0.717) is 41.5 Å². The Kier molecular flexibility index (Phi) is 5.59. The average Bonchev–Trinajstić information content (AvgIpc) is 3.26. The van der Waals surface area contributed by atoms with Crippen LogP contribution in [-0.2, 0) is 0 Å². The summed E-state index contributed by atoms with van der Waals surface area (Å²) in [7, 11) is 0. The van der Waals surface area contributed by atoms with Gasteiger partial charge in [-0.3, -0.25) is 4.79 Å². The molecule has 0 bridgehead atoms. The molecule has 0 aliphatic carbocycles. The molecule has 4 heterocycles. The minimum atomic E-state index is -0.402. The summed E-state index contributed by atoms with van der Waals surface area (Å²) >= 11 is 0. The van der Waals surface area contributed by atoms with Crippen LogP contribution in [0.4, 0.5) is 15.9 Å². The average molecular weight is 485 g/mol. The third-order valence-electron chi connectivity index (χ3n) is 7.52. The van der Waals surface area contributed by atoms with Crippen molar-refractivity contribution in [2.24, 2.45) is 0 Å². The molecule has 2 fully saturated rings. The Morgan fingerprint density at radius 2 is 1.83 bits per heavy atom. The number of fused-ring (bicyclic) bond motifs is 1. The van der Waals surface area contributed by atoms with E-state index in [1.54, 1.807) is 19.2 Å². The number of halogens is 1. The minimum Gasteiger partial charge on any atom is -0.399 e. The second-order valence-electron chi connectivity index (χ2n) is 9.87. The second-order valence-corrected chi connectivity index (χ2v) is 9.87. The van der Waals surface area contributed by atoms with Crippen LogP contribution >= 0.6 is 0 Å². The van der Waals surface area contributed by atoms with Crippen molar-refractivity contribution in [1.29, 1.82) is 0 Å². The van der Waals surface area contributed by atoms with Gasteiger partial charge in [-0.25, -0.2) is 14.4 Å². The number of nitrogen functional groups attached to an aromatic ring is 1. The van der Waals surface area contributed by atoms with Crippen LogP contribution in [0.2, 0.25) is 0 Å². The molecular formula is C28H29FN6O. The molecule has 2 aliphatic heterocycles. The molecule has 36 heavy (non-hydrogen) atoms. The van der Waals surface area contributed by atoms with Gasteiger partial charge in [0.1, 0.15) is 17.5 Å². The molecule has 0 spiro atoms. The number of hydrogen-bond donors (Lipinski definition) is 2. The number of H-pyrrole nitrogens is 1. The summed E-state index contributed by atoms with van der Waals surface area (Å²) in [6.07, 6.45) is 4.68. The zero-order valence-electron chi connectivity index (χ0n) is 20.3. The summed E-state index contributed by atoms with van der Waals surface area (Å²) in [6, 6.07) is 13.0. The van der Waals surface area contributed by atoms with Crippen LogP contribution in [-0.4, -0.2) is 51.9 Å². The first-order valence-corrected chi connectivity index (χ1v) is 12.5. The van der Waals surface area contributed by atoms with Crippen molar-refractivity contribution in [2.45, 2.75) is 32.1 Å². The number of rotatable bonds is 4. The fourth-order valence-corrected chi connectivity index (χ4v) is 5.18. The van der Waals surface area contributed by atoms with E-state index in [1.807, 2.05) is 23.1 Å². The van der Waals surface area contributed by atoms with Crippen LogP contribution in [0.3, 0.4) is 0 Å². The monoisotopic (exact) mass is 484 g/mol. The van der Waals surface area contributed by atoms with Crippen LogP contribution in [0.5, 0.6) is 0 Å². The third kappa shape index (κ3) is 4.06. The van der Waals surface area contributed by atoms with Gasteiger partial charge in [0, 0.05) is 43.5 Å². The number of benzene rings is 2. The van der Waals surface area contributed by atoms with Gasteiger partial charge < -0.3 is 20.5 Å². The highest BCUT2D eigenvalue weighted by molar-refractivity contribution is 5.97. The Hall–Kier alpha value is -3.94. The number of aryl methyl sites for hydroxylation is 1. The smallest absolute Gasteiger partial charge is 0.254 e. The predicted molar refractivity (Wildman–Crippen MR) is 140 cm³/mol. The summed E-state index contributed by atoms with van der Waals surface area (Å²) in [6.45, 7) is 5.09. The van der Waals surface area contributed by atoms with Crippen LogP contribution in [0.1, 0.15) is 46.7 Å². The number of aromatic amines is 1. The lowest BCUT2D eigenvalue weighted by molar-refractivity contribution is 0.0712.